The number of hydrogen-bond donors (Lipinski definition) is 1. The molecule has 0 fully saturated rings. The van der Waals surface area contributed by atoms with E-state index < -0.39 is 0 Å². The normalized spacial score (nSPS) is 11.5. The smallest absolute Gasteiger partial charge is 0.266 e. The molecule has 0 spiro atoms. The van der Waals surface area contributed by atoms with Gasteiger partial charge >= 0.3 is 0 Å². The lowest BCUT2D eigenvalue weighted by Crippen LogP contribution is -2.16. The molecule has 5 heteroatoms. The third-order valence-electron chi connectivity index (χ3n) is 3.16. The minimum absolute atomic E-state index is 0.305. The zero-order chi connectivity index (χ0) is 16.1. The van der Waals surface area contributed by atoms with Gasteiger partial charge < -0.3 is 0 Å². The molecule has 0 unspecified atom stereocenters. The number of carbonyl (C=O) groups excluding carboxylic acids is 1. The molecule has 2 aromatic carbocycles. The van der Waals surface area contributed by atoms with E-state index in [1.165, 1.54) is 17.6 Å². The van der Waals surface area contributed by atoms with Crippen molar-refractivity contribution in [2.75, 3.05) is 0 Å². The number of rotatable bonds is 4. The van der Waals surface area contributed by atoms with E-state index in [2.05, 4.69) is 10.5 Å². The van der Waals surface area contributed by atoms with Crippen LogP contribution >= 0.6 is 22.9 Å². The highest BCUT2D eigenvalue weighted by Crippen LogP contribution is 2.34. The first-order valence-corrected chi connectivity index (χ1v) is 8.17. The van der Waals surface area contributed by atoms with E-state index in [1.54, 1.807) is 6.08 Å². The van der Waals surface area contributed by atoms with Crippen LogP contribution in [0.2, 0.25) is 5.02 Å². The van der Waals surface area contributed by atoms with E-state index in [-0.39, 0.29) is 5.91 Å². The quantitative estimate of drug-likeness (QED) is 0.528. The molecule has 0 aliphatic carbocycles. The highest BCUT2D eigenvalue weighted by atomic mass is 35.5. The fraction of sp³-hybridized carbons (Fsp3) is 0. The van der Waals surface area contributed by atoms with E-state index in [9.17, 15) is 4.79 Å². The van der Waals surface area contributed by atoms with Gasteiger partial charge in [0.1, 0.15) is 4.88 Å². The summed E-state index contributed by atoms with van der Waals surface area (Å²) in [6.07, 6.45) is 5.20. The Hall–Kier alpha value is -2.43. The molecule has 0 aliphatic rings. The zero-order valence-corrected chi connectivity index (χ0v) is 13.6. The van der Waals surface area contributed by atoms with Crippen LogP contribution < -0.4 is 5.43 Å². The van der Waals surface area contributed by atoms with Crippen LogP contribution in [0, 0.1) is 0 Å². The van der Waals surface area contributed by atoms with E-state index in [4.69, 9.17) is 11.6 Å². The van der Waals surface area contributed by atoms with Crippen LogP contribution in [0.15, 0.2) is 65.8 Å². The Balaban J connectivity index is 1.66. The highest BCUT2D eigenvalue weighted by Gasteiger charge is 2.16. The van der Waals surface area contributed by atoms with Gasteiger partial charge in [-0.2, -0.15) is 5.10 Å². The monoisotopic (exact) mass is 340 g/mol. The first kappa shape index (κ1) is 15.5. The number of fused-ring (bicyclic) bond motifs is 1. The maximum Gasteiger partial charge on any atom is 0.283 e. The molecule has 1 heterocycles. The third kappa shape index (κ3) is 3.67. The zero-order valence-electron chi connectivity index (χ0n) is 12.1. The second kappa shape index (κ2) is 7.22. The average Bonchev–Trinajstić information content (AvgIpc) is 2.93. The molecule has 3 aromatic rings. The molecule has 0 saturated carbocycles. The van der Waals surface area contributed by atoms with Gasteiger partial charge in [-0.15, -0.1) is 11.3 Å². The summed E-state index contributed by atoms with van der Waals surface area (Å²) in [6.45, 7) is 0. The second-order valence-corrected chi connectivity index (χ2v) is 6.16. The number of thiophene rings is 1. The van der Waals surface area contributed by atoms with Gasteiger partial charge in [0.25, 0.3) is 5.91 Å². The molecular weight excluding hydrogens is 328 g/mol. The summed E-state index contributed by atoms with van der Waals surface area (Å²) in [5.41, 5.74) is 3.56. The minimum atomic E-state index is -0.305. The van der Waals surface area contributed by atoms with Crippen LogP contribution in [0.4, 0.5) is 0 Å². The van der Waals surface area contributed by atoms with Gasteiger partial charge in [-0.05, 0) is 17.7 Å². The number of amides is 1. The van der Waals surface area contributed by atoms with E-state index >= 15 is 0 Å². The maximum absolute atomic E-state index is 12.1. The largest absolute Gasteiger partial charge is 0.283 e. The Morgan fingerprint density at radius 3 is 2.61 bits per heavy atom. The van der Waals surface area contributed by atoms with Gasteiger partial charge in [0.05, 0.1) is 5.02 Å². The Morgan fingerprint density at radius 1 is 1.09 bits per heavy atom. The van der Waals surface area contributed by atoms with Crippen LogP contribution in [0.3, 0.4) is 0 Å². The number of hydrogen-bond acceptors (Lipinski definition) is 3. The number of carbonyl (C=O) groups is 1. The van der Waals surface area contributed by atoms with Crippen molar-refractivity contribution in [1.29, 1.82) is 0 Å². The predicted molar refractivity (Wildman–Crippen MR) is 98.3 cm³/mol. The molecule has 0 radical (unpaired) electrons. The van der Waals surface area contributed by atoms with Gasteiger partial charge in [0.2, 0.25) is 0 Å². The van der Waals surface area contributed by atoms with Crippen molar-refractivity contribution in [1.82, 2.24) is 5.43 Å². The molecule has 0 bridgehead atoms. The SMILES string of the molecule is O=C(NN=CC=Cc1ccccc1)c1sc2ccccc2c1Cl. The van der Waals surface area contributed by atoms with Crippen molar-refractivity contribution >= 4 is 51.2 Å². The molecule has 0 atom stereocenters. The van der Waals surface area contributed by atoms with Crippen molar-refractivity contribution in [3.63, 3.8) is 0 Å². The first-order chi connectivity index (χ1) is 11.3. The summed E-state index contributed by atoms with van der Waals surface area (Å²) in [6, 6.07) is 17.5. The van der Waals surface area contributed by atoms with Crippen molar-refractivity contribution in [2.45, 2.75) is 0 Å². The Bertz CT molecular complexity index is 884. The molecular formula is C18H13ClN2OS. The standard InChI is InChI=1S/C18H13ClN2OS/c19-16-14-10-4-5-11-15(14)23-17(16)18(22)21-20-12-6-9-13-7-2-1-3-8-13/h1-12H,(H,21,22). The van der Waals surface area contributed by atoms with Crippen LogP contribution in [-0.2, 0) is 0 Å². The van der Waals surface area contributed by atoms with Crippen LogP contribution in [0.25, 0.3) is 16.2 Å². The fourth-order valence-electron chi connectivity index (χ4n) is 2.07. The molecule has 3 rings (SSSR count). The van der Waals surface area contributed by atoms with Gasteiger partial charge in [0, 0.05) is 16.3 Å². The van der Waals surface area contributed by atoms with E-state index in [0.717, 1.165) is 15.6 Å². The van der Waals surface area contributed by atoms with Gasteiger partial charge in [0.15, 0.2) is 0 Å². The van der Waals surface area contributed by atoms with Crippen molar-refractivity contribution < 1.29 is 4.79 Å². The lowest BCUT2D eigenvalue weighted by Gasteiger charge is -1.96. The van der Waals surface area contributed by atoms with Crippen molar-refractivity contribution in [3.8, 4) is 0 Å². The third-order valence-corrected chi connectivity index (χ3v) is 4.83. The topological polar surface area (TPSA) is 41.5 Å². The van der Waals surface area contributed by atoms with Crippen LogP contribution in [0.1, 0.15) is 15.2 Å². The average molecular weight is 341 g/mol. The number of nitrogens with zero attached hydrogens (tertiary/aromatic N) is 1. The summed E-state index contributed by atoms with van der Waals surface area (Å²) in [7, 11) is 0. The Morgan fingerprint density at radius 2 is 1.83 bits per heavy atom. The Labute approximate surface area is 142 Å². The first-order valence-electron chi connectivity index (χ1n) is 6.98. The summed E-state index contributed by atoms with van der Waals surface area (Å²) < 4.78 is 0.982. The highest BCUT2D eigenvalue weighted by molar-refractivity contribution is 7.21. The Kier molecular flexibility index (Phi) is 4.86. The van der Waals surface area contributed by atoms with Gasteiger partial charge in [-0.3, -0.25) is 4.79 Å². The summed E-state index contributed by atoms with van der Waals surface area (Å²) in [4.78, 5) is 12.6. The summed E-state index contributed by atoms with van der Waals surface area (Å²) in [5.74, 6) is -0.305. The molecule has 1 N–H and O–H groups in total. The van der Waals surface area contributed by atoms with E-state index in [0.29, 0.717) is 9.90 Å². The molecule has 23 heavy (non-hydrogen) atoms. The van der Waals surface area contributed by atoms with Crippen LogP contribution in [0.5, 0.6) is 0 Å². The molecule has 0 aliphatic heterocycles. The fourth-order valence-corrected chi connectivity index (χ4v) is 3.47. The number of allylic oxidation sites excluding steroid dienone is 1. The number of nitrogens with one attached hydrogen (secondary N) is 1. The summed E-state index contributed by atoms with van der Waals surface area (Å²) >= 11 is 7.61. The summed E-state index contributed by atoms with van der Waals surface area (Å²) in [5, 5.41) is 5.27. The number of benzene rings is 2. The molecule has 114 valence electrons. The van der Waals surface area contributed by atoms with Gasteiger partial charge in [-0.25, -0.2) is 5.43 Å². The molecule has 3 nitrogen and oxygen atoms in total. The number of halogens is 1. The molecule has 1 amide bonds. The lowest BCUT2D eigenvalue weighted by molar-refractivity contribution is 0.0959. The number of hydrazone groups is 1. The molecule has 0 saturated heterocycles. The van der Waals surface area contributed by atoms with Gasteiger partial charge in [-0.1, -0.05) is 66.2 Å². The van der Waals surface area contributed by atoms with Crippen LogP contribution in [-0.4, -0.2) is 12.1 Å². The maximum atomic E-state index is 12.1. The van der Waals surface area contributed by atoms with Crippen molar-refractivity contribution in [3.05, 3.63) is 76.1 Å². The van der Waals surface area contributed by atoms with Crippen molar-refractivity contribution in [2.24, 2.45) is 5.10 Å². The predicted octanol–water partition coefficient (Wildman–Crippen LogP) is 4.98. The van der Waals surface area contributed by atoms with E-state index in [1.807, 2.05) is 60.7 Å². The minimum Gasteiger partial charge on any atom is -0.266 e. The second-order valence-electron chi connectivity index (χ2n) is 4.73. The lowest BCUT2D eigenvalue weighted by atomic mass is 10.2. The molecule has 1 aromatic heterocycles.